The average molecular weight is 212 g/mol. The van der Waals surface area contributed by atoms with Gasteiger partial charge in [0.05, 0.1) is 0 Å². The molecule has 0 saturated heterocycles. The van der Waals surface area contributed by atoms with Gasteiger partial charge in [0.1, 0.15) is 0 Å². The Morgan fingerprint density at radius 3 is 1.93 bits per heavy atom. The van der Waals surface area contributed by atoms with E-state index >= 15 is 0 Å². The summed E-state index contributed by atoms with van der Waals surface area (Å²) >= 11 is 0. The summed E-state index contributed by atoms with van der Waals surface area (Å²) in [5.74, 6) is 1.84. The third-order valence-electron chi connectivity index (χ3n) is 3.24. The van der Waals surface area contributed by atoms with Gasteiger partial charge in [0, 0.05) is 0 Å². The molecular weight excluding hydrogens is 180 g/mol. The normalized spacial score (nSPS) is 16.4. The number of unbranched alkanes of at least 4 members (excludes halogenated alkanes) is 1. The van der Waals surface area contributed by atoms with E-state index in [2.05, 4.69) is 41.5 Å². The minimum atomic E-state index is 0.515. The van der Waals surface area contributed by atoms with Crippen LogP contribution in [0.15, 0.2) is 0 Å². The summed E-state index contributed by atoms with van der Waals surface area (Å²) in [6.07, 6.45) is 8.38. The first-order chi connectivity index (χ1) is 6.85. The second-order valence-electron chi connectivity index (χ2n) is 6.69. The maximum Gasteiger partial charge on any atom is -0.0383 e. The molecule has 0 amide bonds. The van der Waals surface area contributed by atoms with Gasteiger partial charge in [-0.15, -0.1) is 0 Å². The van der Waals surface area contributed by atoms with Crippen molar-refractivity contribution in [2.24, 2.45) is 17.3 Å². The van der Waals surface area contributed by atoms with E-state index < -0.39 is 0 Å². The smallest absolute Gasteiger partial charge is 0.0383 e. The molecule has 0 heterocycles. The van der Waals surface area contributed by atoms with Gasteiger partial charge in [-0.25, -0.2) is 0 Å². The lowest BCUT2D eigenvalue weighted by molar-refractivity contribution is 0.297. The zero-order chi connectivity index (χ0) is 11.9. The quantitative estimate of drug-likeness (QED) is 0.510. The molecule has 0 saturated carbocycles. The second-order valence-corrected chi connectivity index (χ2v) is 6.69. The molecule has 0 nitrogen and oxygen atoms in total. The maximum absolute atomic E-state index is 2.42. The molecule has 0 aliphatic heterocycles. The molecule has 0 aliphatic rings. The SMILES string of the molecule is CCCCC(C)CC(C)CCC(C)(C)C. The van der Waals surface area contributed by atoms with E-state index in [1.807, 2.05) is 0 Å². The summed E-state index contributed by atoms with van der Waals surface area (Å²) in [5.41, 5.74) is 0.515. The third-order valence-corrected chi connectivity index (χ3v) is 3.24. The highest BCUT2D eigenvalue weighted by atomic mass is 14.2. The Labute approximate surface area is 97.8 Å². The number of hydrogen-bond donors (Lipinski definition) is 0. The van der Waals surface area contributed by atoms with Crippen molar-refractivity contribution in [1.82, 2.24) is 0 Å². The molecule has 0 rings (SSSR count). The lowest BCUT2D eigenvalue weighted by Gasteiger charge is -2.22. The van der Waals surface area contributed by atoms with Crippen LogP contribution in [0.1, 0.15) is 80.1 Å². The van der Waals surface area contributed by atoms with Gasteiger partial charge in [-0.2, -0.15) is 0 Å². The fraction of sp³-hybridized carbons (Fsp3) is 1.00. The number of hydrogen-bond acceptors (Lipinski definition) is 0. The molecule has 0 aromatic carbocycles. The van der Waals surface area contributed by atoms with Gasteiger partial charge in [0.2, 0.25) is 0 Å². The molecule has 2 atom stereocenters. The van der Waals surface area contributed by atoms with Crippen molar-refractivity contribution in [3.8, 4) is 0 Å². The van der Waals surface area contributed by atoms with Crippen LogP contribution in [0.5, 0.6) is 0 Å². The fourth-order valence-corrected chi connectivity index (χ4v) is 2.15. The Morgan fingerprint density at radius 2 is 1.47 bits per heavy atom. The van der Waals surface area contributed by atoms with Gasteiger partial charge in [0.15, 0.2) is 0 Å². The zero-order valence-corrected chi connectivity index (χ0v) is 11.9. The molecule has 0 aromatic heterocycles. The Hall–Kier alpha value is 0. The van der Waals surface area contributed by atoms with Crippen LogP contribution in [-0.4, -0.2) is 0 Å². The van der Waals surface area contributed by atoms with Gasteiger partial charge in [-0.1, -0.05) is 67.2 Å². The molecule has 0 bridgehead atoms. The molecular formula is C15H32. The van der Waals surface area contributed by atoms with Crippen molar-refractivity contribution in [3.63, 3.8) is 0 Å². The van der Waals surface area contributed by atoms with Crippen LogP contribution < -0.4 is 0 Å². The van der Waals surface area contributed by atoms with Gasteiger partial charge in [-0.3, -0.25) is 0 Å². The van der Waals surface area contributed by atoms with Crippen LogP contribution >= 0.6 is 0 Å². The molecule has 15 heavy (non-hydrogen) atoms. The van der Waals surface area contributed by atoms with Crippen LogP contribution in [0.3, 0.4) is 0 Å². The van der Waals surface area contributed by atoms with Gasteiger partial charge in [-0.05, 0) is 30.1 Å². The van der Waals surface area contributed by atoms with E-state index in [0.717, 1.165) is 11.8 Å². The number of rotatable bonds is 7. The van der Waals surface area contributed by atoms with Crippen molar-refractivity contribution >= 4 is 0 Å². The first-order valence-electron chi connectivity index (χ1n) is 6.85. The van der Waals surface area contributed by atoms with Gasteiger partial charge >= 0.3 is 0 Å². The Bertz CT molecular complexity index is 141. The summed E-state index contributed by atoms with van der Waals surface area (Å²) in [4.78, 5) is 0. The molecule has 0 aromatic rings. The largest absolute Gasteiger partial charge is 0.0654 e. The van der Waals surface area contributed by atoms with Crippen LogP contribution in [0.4, 0.5) is 0 Å². The topological polar surface area (TPSA) is 0 Å². The lowest BCUT2D eigenvalue weighted by Crippen LogP contribution is -2.09. The van der Waals surface area contributed by atoms with E-state index in [0.29, 0.717) is 5.41 Å². The van der Waals surface area contributed by atoms with Crippen molar-refractivity contribution in [1.29, 1.82) is 0 Å². The van der Waals surface area contributed by atoms with Gasteiger partial charge < -0.3 is 0 Å². The van der Waals surface area contributed by atoms with Crippen molar-refractivity contribution < 1.29 is 0 Å². The molecule has 0 radical (unpaired) electrons. The van der Waals surface area contributed by atoms with E-state index in [9.17, 15) is 0 Å². The molecule has 2 unspecified atom stereocenters. The van der Waals surface area contributed by atoms with E-state index in [1.54, 1.807) is 0 Å². The summed E-state index contributed by atoms with van der Waals surface area (Å²) in [6.45, 7) is 14.2. The van der Waals surface area contributed by atoms with E-state index in [-0.39, 0.29) is 0 Å². The first-order valence-corrected chi connectivity index (χ1v) is 6.85. The predicted octanol–water partition coefficient (Wildman–Crippen LogP) is 5.67. The molecule has 0 fully saturated rings. The Balaban J connectivity index is 3.59. The van der Waals surface area contributed by atoms with Crippen molar-refractivity contribution in [2.75, 3.05) is 0 Å². The van der Waals surface area contributed by atoms with Crippen LogP contribution in [0.2, 0.25) is 0 Å². The van der Waals surface area contributed by atoms with Crippen LogP contribution in [-0.2, 0) is 0 Å². The predicted molar refractivity (Wildman–Crippen MR) is 71.2 cm³/mol. The molecule has 0 heteroatoms. The van der Waals surface area contributed by atoms with Crippen LogP contribution in [0.25, 0.3) is 0 Å². The molecule has 0 spiro atoms. The molecule has 0 N–H and O–H groups in total. The monoisotopic (exact) mass is 212 g/mol. The summed E-state index contributed by atoms with van der Waals surface area (Å²) < 4.78 is 0. The third kappa shape index (κ3) is 10.3. The summed E-state index contributed by atoms with van der Waals surface area (Å²) in [7, 11) is 0. The maximum atomic E-state index is 2.42. The van der Waals surface area contributed by atoms with Gasteiger partial charge in [0.25, 0.3) is 0 Å². The minimum Gasteiger partial charge on any atom is -0.0654 e. The minimum absolute atomic E-state index is 0.515. The highest BCUT2D eigenvalue weighted by molar-refractivity contribution is 4.66. The highest BCUT2D eigenvalue weighted by Crippen LogP contribution is 2.27. The van der Waals surface area contributed by atoms with Crippen molar-refractivity contribution in [3.05, 3.63) is 0 Å². The Kier molecular flexibility index (Phi) is 7.30. The molecule has 0 aliphatic carbocycles. The first kappa shape index (κ1) is 15.0. The van der Waals surface area contributed by atoms with Crippen molar-refractivity contribution in [2.45, 2.75) is 80.1 Å². The van der Waals surface area contributed by atoms with E-state index in [4.69, 9.17) is 0 Å². The van der Waals surface area contributed by atoms with Crippen LogP contribution in [0, 0.1) is 17.3 Å². The Morgan fingerprint density at radius 1 is 0.933 bits per heavy atom. The summed E-state index contributed by atoms with van der Waals surface area (Å²) in [5, 5.41) is 0. The summed E-state index contributed by atoms with van der Waals surface area (Å²) in [6, 6.07) is 0. The molecule has 92 valence electrons. The fourth-order valence-electron chi connectivity index (χ4n) is 2.15. The standard InChI is InChI=1S/C15H32/c1-7-8-9-13(2)12-14(3)10-11-15(4,5)6/h13-14H,7-12H2,1-6H3. The van der Waals surface area contributed by atoms with E-state index in [1.165, 1.54) is 38.5 Å². The average Bonchev–Trinajstić information content (AvgIpc) is 2.10. The highest BCUT2D eigenvalue weighted by Gasteiger charge is 2.14. The lowest BCUT2D eigenvalue weighted by atomic mass is 9.84. The zero-order valence-electron chi connectivity index (χ0n) is 11.9. The second kappa shape index (κ2) is 7.30.